The second kappa shape index (κ2) is 3.59. The summed E-state index contributed by atoms with van der Waals surface area (Å²) < 4.78 is 0. The van der Waals surface area contributed by atoms with Crippen LogP contribution in [0.25, 0.3) is 0 Å². The molecule has 2 rings (SSSR count). The summed E-state index contributed by atoms with van der Waals surface area (Å²) in [6.45, 7) is 1.38. The Morgan fingerprint density at radius 1 is 1.21 bits per heavy atom. The van der Waals surface area contributed by atoms with Gasteiger partial charge in [0.2, 0.25) is 11.8 Å². The number of nitrogens with one attached hydrogen (secondary N) is 1. The van der Waals surface area contributed by atoms with Crippen LogP contribution in [0.15, 0.2) is 0 Å². The summed E-state index contributed by atoms with van der Waals surface area (Å²) in [5, 5.41) is 2.63. The van der Waals surface area contributed by atoms with E-state index in [9.17, 15) is 9.59 Å². The second-order valence-corrected chi connectivity index (χ2v) is 4.16. The summed E-state index contributed by atoms with van der Waals surface area (Å²) in [5.41, 5.74) is 0. The molecule has 1 unspecified atom stereocenters. The van der Waals surface area contributed by atoms with Crippen molar-refractivity contribution in [3.8, 4) is 0 Å². The van der Waals surface area contributed by atoms with Gasteiger partial charge in [0, 0.05) is 26.1 Å². The highest BCUT2D eigenvalue weighted by Crippen LogP contribution is 2.32. The average molecular weight is 196 g/mol. The molecule has 1 atom stereocenters. The van der Waals surface area contributed by atoms with Crippen molar-refractivity contribution in [3.05, 3.63) is 0 Å². The van der Waals surface area contributed by atoms with Crippen molar-refractivity contribution in [1.29, 1.82) is 0 Å². The Kier molecular flexibility index (Phi) is 2.44. The molecule has 1 aliphatic heterocycles. The molecule has 2 amide bonds. The molecule has 78 valence electrons. The summed E-state index contributed by atoms with van der Waals surface area (Å²) in [6, 6.07) is 0. The molecular formula is C10H16N2O2. The fourth-order valence-corrected chi connectivity index (χ4v) is 1.97. The normalized spacial score (nSPS) is 26.4. The average Bonchev–Trinajstić information content (AvgIpc) is 2.93. The van der Waals surface area contributed by atoms with Crippen LogP contribution >= 0.6 is 0 Å². The Balaban J connectivity index is 1.87. The number of amides is 2. The van der Waals surface area contributed by atoms with E-state index in [1.807, 2.05) is 4.90 Å². The van der Waals surface area contributed by atoms with Gasteiger partial charge in [0.15, 0.2) is 0 Å². The quantitative estimate of drug-likeness (QED) is 0.675. The third-order valence-corrected chi connectivity index (χ3v) is 3.04. The molecule has 0 aromatic rings. The fourth-order valence-electron chi connectivity index (χ4n) is 1.97. The van der Waals surface area contributed by atoms with Crippen LogP contribution in [0, 0.1) is 11.8 Å². The van der Waals surface area contributed by atoms with Crippen LogP contribution < -0.4 is 5.32 Å². The topological polar surface area (TPSA) is 49.4 Å². The first-order valence-corrected chi connectivity index (χ1v) is 5.22. The zero-order valence-corrected chi connectivity index (χ0v) is 8.45. The van der Waals surface area contributed by atoms with Gasteiger partial charge in [0.25, 0.3) is 0 Å². The summed E-state index contributed by atoms with van der Waals surface area (Å²) in [7, 11) is 1.65. The maximum Gasteiger partial charge on any atom is 0.225 e. The predicted molar refractivity (Wildman–Crippen MR) is 51.5 cm³/mol. The molecule has 1 aliphatic carbocycles. The Labute approximate surface area is 83.6 Å². The third-order valence-electron chi connectivity index (χ3n) is 3.04. The minimum atomic E-state index is 0.0164. The highest BCUT2D eigenvalue weighted by atomic mass is 16.2. The van der Waals surface area contributed by atoms with Crippen molar-refractivity contribution < 1.29 is 9.59 Å². The van der Waals surface area contributed by atoms with Crippen molar-refractivity contribution in [2.75, 3.05) is 20.1 Å². The molecule has 0 bridgehead atoms. The number of carbonyl (C=O) groups is 2. The lowest BCUT2D eigenvalue weighted by atomic mass is 10.1. The van der Waals surface area contributed by atoms with Gasteiger partial charge in [0.05, 0.1) is 5.92 Å². The molecule has 0 aromatic heterocycles. The fraction of sp³-hybridized carbons (Fsp3) is 0.800. The van der Waals surface area contributed by atoms with Gasteiger partial charge < -0.3 is 10.2 Å². The van der Waals surface area contributed by atoms with Gasteiger partial charge in [-0.15, -0.1) is 0 Å². The van der Waals surface area contributed by atoms with Crippen molar-refractivity contribution in [2.45, 2.75) is 19.3 Å². The van der Waals surface area contributed by atoms with E-state index in [0.717, 1.165) is 25.8 Å². The molecule has 1 saturated carbocycles. The summed E-state index contributed by atoms with van der Waals surface area (Å²) >= 11 is 0. The van der Waals surface area contributed by atoms with Crippen molar-refractivity contribution in [2.24, 2.45) is 11.8 Å². The van der Waals surface area contributed by atoms with E-state index in [2.05, 4.69) is 5.32 Å². The zero-order chi connectivity index (χ0) is 10.1. The molecule has 2 aliphatic rings. The van der Waals surface area contributed by atoms with Gasteiger partial charge in [-0.25, -0.2) is 0 Å². The highest BCUT2D eigenvalue weighted by Gasteiger charge is 2.37. The smallest absolute Gasteiger partial charge is 0.225 e. The van der Waals surface area contributed by atoms with Crippen molar-refractivity contribution in [1.82, 2.24) is 10.2 Å². The van der Waals surface area contributed by atoms with Gasteiger partial charge >= 0.3 is 0 Å². The lowest BCUT2D eigenvalue weighted by molar-refractivity contribution is -0.131. The van der Waals surface area contributed by atoms with Gasteiger partial charge in [-0.05, 0) is 19.3 Å². The van der Waals surface area contributed by atoms with Gasteiger partial charge in [-0.2, -0.15) is 0 Å². The second-order valence-electron chi connectivity index (χ2n) is 4.16. The number of carbonyl (C=O) groups excluding carboxylic acids is 2. The molecule has 4 nitrogen and oxygen atoms in total. The van der Waals surface area contributed by atoms with Crippen LogP contribution in [0.2, 0.25) is 0 Å². The van der Waals surface area contributed by atoms with Gasteiger partial charge in [0.1, 0.15) is 0 Å². The van der Waals surface area contributed by atoms with Crippen LogP contribution in [0.5, 0.6) is 0 Å². The molecule has 1 heterocycles. The number of rotatable bonds is 2. The van der Waals surface area contributed by atoms with E-state index >= 15 is 0 Å². The first kappa shape index (κ1) is 9.49. The number of nitrogens with zero attached hydrogens (tertiary/aromatic N) is 1. The van der Waals surface area contributed by atoms with E-state index in [1.165, 1.54) is 0 Å². The number of hydrogen-bond acceptors (Lipinski definition) is 2. The van der Waals surface area contributed by atoms with Crippen LogP contribution in [0.1, 0.15) is 19.3 Å². The first-order valence-electron chi connectivity index (χ1n) is 5.22. The number of likely N-dealkylation sites (tertiary alicyclic amines) is 1. The zero-order valence-electron chi connectivity index (χ0n) is 8.45. The van der Waals surface area contributed by atoms with E-state index in [1.54, 1.807) is 7.05 Å². The van der Waals surface area contributed by atoms with E-state index < -0.39 is 0 Å². The Morgan fingerprint density at radius 2 is 1.93 bits per heavy atom. The van der Waals surface area contributed by atoms with Gasteiger partial charge in [-0.3, -0.25) is 9.59 Å². The minimum absolute atomic E-state index is 0.0164. The highest BCUT2D eigenvalue weighted by molar-refractivity contribution is 5.84. The molecule has 0 aromatic carbocycles. The molecule has 0 radical (unpaired) electrons. The summed E-state index contributed by atoms with van der Waals surface area (Å²) in [6.07, 6.45) is 2.90. The molecule has 14 heavy (non-hydrogen) atoms. The molecule has 0 spiro atoms. The maximum atomic E-state index is 11.7. The predicted octanol–water partition coefficient (Wildman–Crippen LogP) is -0.00910. The molecule has 2 fully saturated rings. The van der Waals surface area contributed by atoms with E-state index in [0.29, 0.717) is 6.54 Å². The molecule has 1 N–H and O–H groups in total. The monoisotopic (exact) mass is 196 g/mol. The van der Waals surface area contributed by atoms with E-state index in [4.69, 9.17) is 0 Å². The van der Waals surface area contributed by atoms with Crippen LogP contribution in [0.4, 0.5) is 0 Å². The number of hydrogen-bond donors (Lipinski definition) is 1. The third kappa shape index (κ3) is 1.74. The largest absolute Gasteiger partial charge is 0.359 e. The molecular weight excluding hydrogens is 180 g/mol. The van der Waals surface area contributed by atoms with Crippen molar-refractivity contribution >= 4 is 11.8 Å². The maximum absolute atomic E-state index is 11.7. The summed E-state index contributed by atoms with van der Waals surface area (Å²) in [5.74, 6) is 0.619. The standard InChI is InChI=1S/C10H16N2O2/c1-11-9(13)8-4-5-12(6-8)10(14)7-2-3-7/h7-8H,2-6H2,1H3,(H,11,13). The lowest BCUT2D eigenvalue weighted by Crippen LogP contribution is -2.33. The Hall–Kier alpha value is -1.06. The lowest BCUT2D eigenvalue weighted by Gasteiger charge is -2.15. The molecule has 1 saturated heterocycles. The van der Waals surface area contributed by atoms with Crippen LogP contribution in [-0.2, 0) is 9.59 Å². The van der Waals surface area contributed by atoms with Crippen molar-refractivity contribution in [3.63, 3.8) is 0 Å². The van der Waals surface area contributed by atoms with E-state index in [-0.39, 0.29) is 23.7 Å². The Bertz CT molecular complexity index is 261. The summed E-state index contributed by atoms with van der Waals surface area (Å²) in [4.78, 5) is 24.8. The van der Waals surface area contributed by atoms with Crippen LogP contribution in [-0.4, -0.2) is 36.9 Å². The first-order chi connectivity index (χ1) is 6.72. The van der Waals surface area contributed by atoms with Gasteiger partial charge in [-0.1, -0.05) is 0 Å². The van der Waals surface area contributed by atoms with Crippen LogP contribution in [0.3, 0.4) is 0 Å². The Morgan fingerprint density at radius 3 is 2.50 bits per heavy atom. The SMILES string of the molecule is CNC(=O)C1CCN(C(=O)C2CC2)C1. The molecule has 4 heteroatoms. The minimum Gasteiger partial charge on any atom is -0.359 e.